The molecule has 18 heavy (non-hydrogen) atoms. The van der Waals surface area contributed by atoms with E-state index in [4.69, 9.17) is 10.5 Å². The first-order valence-corrected chi connectivity index (χ1v) is 5.32. The number of hydrogen-bond donors (Lipinski definition) is 3. The van der Waals surface area contributed by atoms with Crippen LogP contribution >= 0.6 is 0 Å². The summed E-state index contributed by atoms with van der Waals surface area (Å²) in [4.78, 5) is 26.0. The molecule has 0 aliphatic carbocycles. The van der Waals surface area contributed by atoms with Gasteiger partial charge in [-0.3, -0.25) is 14.6 Å². The van der Waals surface area contributed by atoms with Crippen LogP contribution in [-0.2, 0) is 11.3 Å². The molecule has 98 valence electrons. The minimum absolute atomic E-state index is 0.0698. The zero-order valence-corrected chi connectivity index (χ0v) is 10.3. The number of aromatic nitrogens is 1. The van der Waals surface area contributed by atoms with Crippen molar-refractivity contribution in [2.24, 2.45) is 5.73 Å². The Morgan fingerprint density at radius 1 is 1.50 bits per heavy atom. The van der Waals surface area contributed by atoms with E-state index in [1.807, 2.05) is 0 Å². The van der Waals surface area contributed by atoms with Crippen molar-refractivity contribution in [1.82, 2.24) is 15.6 Å². The van der Waals surface area contributed by atoms with Crippen molar-refractivity contribution in [3.05, 3.63) is 23.5 Å². The number of rotatable bonds is 6. The van der Waals surface area contributed by atoms with E-state index in [-0.39, 0.29) is 18.1 Å². The lowest BCUT2D eigenvalue weighted by molar-refractivity contribution is -0.117. The van der Waals surface area contributed by atoms with Gasteiger partial charge in [-0.15, -0.1) is 0 Å². The largest absolute Gasteiger partial charge is 0.496 e. The van der Waals surface area contributed by atoms with Crippen LogP contribution in [-0.4, -0.2) is 37.5 Å². The maximum atomic E-state index is 11.4. The average Bonchev–Trinajstić information content (AvgIpc) is 2.37. The van der Waals surface area contributed by atoms with Crippen molar-refractivity contribution in [2.75, 3.05) is 20.7 Å². The molecule has 0 atom stereocenters. The molecular formula is C11H16N4O3. The van der Waals surface area contributed by atoms with E-state index in [9.17, 15) is 9.59 Å². The van der Waals surface area contributed by atoms with Gasteiger partial charge in [0.2, 0.25) is 5.91 Å². The van der Waals surface area contributed by atoms with Crippen LogP contribution in [0.25, 0.3) is 0 Å². The molecule has 0 aliphatic heterocycles. The number of nitrogens with one attached hydrogen (secondary N) is 2. The van der Waals surface area contributed by atoms with E-state index in [2.05, 4.69) is 15.6 Å². The Hall–Kier alpha value is -2.15. The highest BCUT2D eigenvalue weighted by atomic mass is 16.5. The smallest absolute Gasteiger partial charge is 0.269 e. The third-order valence-corrected chi connectivity index (χ3v) is 2.24. The highest BCUT2D eigenvalue weighted by Gasteiger charge is 2.10. The van der Waals surface area contributed by atoms with E-state index >= 15 is 0 Å². The van der Waals surface area contributed by atoms with Crippen molar-refractivity contribution in [3.63, 3.8) is 0 Å². The Bertz CT molecular complexity index is 448. The molecule has 0 spiro atoms. The first-order chi connectivity index (χ1) is 8.58. The van der Waals surface area contributed by atoms with Crippen LogP contribution in [0.2, 0.25) is 0 Å². The highest BCUT2D eigenvalue weighted by molar-refractivity contribution is 5.92. The van der Waals surface area contributed by atoms with Gasteiger partial charge in [-0.05, 0) is 0 Å². The lowest BCUT2D eigenvalue weighted by Crippen LogP contribution is -2.28. The Kier molecular flexibility index (Phi) is 5.06. The SMILES string of the molecule is CNC(=O)c1cc(OC)c(CNCC(N)=O)cn1. The molecule has 0 bridgehead atoms. The molecule has 7 nitrogen and oxygen atoms in total. The summed E-state index contributed by atoms with van der Waals surface area (Å²) < 4.78 is 5.16. The standard InChI is InChI=1S/C11H16N4O3/c1-13-11(17)8-3-9(18-2)7(5-15-8)4-14-6-10(12)16/h3,5,14H,4,6H2,1-2H3,(H2,12,16)(H,13,17). The number of primary amides is 1. The number of carbonyl (C=O) groups is 2. The topological polar surface area (TPSA) is 106 Å². The molecule has 1 heterocycles. The van der Waals surface area contributed by atoms with Crippen LogP contribution in [0.15, 0.2) is 12.3 Å². The van der Waals surface area contributed by atoms with Crippen LogP contribution in [0.3, 0.4) is 0 Å². The third-order valence-electron chi connectivity index (χ3n) is 2.24. The molecule has 0 saturated carbocycles. The molecule has 2 amide bonds. The van der Waals surface area contributed by atoms with Gasteiger partial charge in [0.1, 0.15) is 11.4 Å². The molecular weight excluding hydrogens is 236 g/mol. The average molecular weight is 252 g/mol. The zero-order chi connectivity index (χ0) is 13.5. The van der Waals surface area contributed by atoms with Crippen LogP contribution in [0, 0.1) is 0 Å². The summed E-state index contributed by atoms with van der Waals surface area (Å²) in [6.45, 7) is 0.452. The van der Waals surface area contributed by atoms with Crippen molar-refractivity contribution in [3.8, 4) is 5.75 Å². The predicted molar refractivity (Wildman–Crippen MR) is 65.1 cm³/mol. The molecule has 0 aliphatic rings. The summed E-state index contributed by atoms with van der Waals surface area (Å²) in [7, 11) is 3.03. The molecule has 7 heteroatoms. The summed E-state index contributed by atoms with van der Waals surface area (Å²) in [6, 6.07) is 1.54. The van der Waals surface area contributed by atoms with Gasteiger partial charge in [0.15, 0.2) is 0 Å². The normalized spacial score (nSPS) is 9.89. The van der Waals surface area contributed by atoms with Gasteiger partial charge in [0.05, 0.1) is 13.7 Å². The molecule has 1 aromatic rings. The lowest BCUT2D eigenvalue weighted by atomic mass is 10.2. The second-order valence-corrected chi connectivity index (χ2v) is 3.53. The minimum atomic E-state index is -0.441. The number of nitrogens with zero attached hydrogens (tertiary/aromatic N) is 1. The Labute approximate surface area is 105 Å². The van der Waals surface area contributed by atoms with Gasteiger partial charge in [-0.25, -0.2) is 0 Å². The second-order valence-electron chi connectivity index (χ2n) is 3.53. The molecule has 4 N–H and O–H groups in total. The molecule has 0 fully saturated rings. The van der Waals surface area contributed by atoms with E-state index in [1.165, 1.54) is 20.4 Å². The van der Waals surface area contributed by atoms with Gasteiger partial charge < -0.3 is 21.1 Å². The van der Waals surface area contributed by atoms with Crippen LogP contribution in [0.1, 0.15) is 16.1 Å². The third kappa shape index (κ3) is 3.70. The van der Waals surface area contributed by atoms with Gasteiger partial charge >= 0.3 is 0 Å². The molecule has 0 unspecified atom stereocenters. The lowest BCUT2D eigenvalue weighted by Gasteiger charge is -2.09. The van der Waals surface area contributed by atoms with Crippen LogP contribution in [0.4, 0.5) is 0 Å². The number of ether oxygens (including phenoxy) is 1. The fourth-order valence-corrected chi connectivity index (χ4v) is 1.36. The Morgan fingerprint density at radius 3 is 2.78 bits per heavy atom. The predicted octanol–water partition coefficient (Wildman–Crippen LogP) is -0.975. The quantitative estimate of drug-likeness (QED) is 0.603. The summed E-state index contributed by atoms with van der Waals surface area (Å²) in [5.74, 6) is -0.200. The molecule has 1 aromatic heterocycles. The summed E-state index contributed by atoms with van der Waals surface area (Å²) >= 11 is 0. The van der Waals surface area contributed by atoms with Crippen LogP contribution in [0.5, 0.6) is 5.75 Å². The Morgan fingerprint density at radius 2 is 2.22 bits per heavy atom. The van der Waals surface area contributed by atoms with Crippen molar-refractivity contribution < 1.29 is 14.3 Å². The molecule has 1 rings (SSSR count). The maximum Gasteiger partial charge on any atom is 0.269 e. The van der Waals surface area contributed by atoms with Crippen molar-refractivity contribution in [2.45, 2.75) is 6.54 Å². The number of hydrogen-bond acceptors (Lipinski definition) is 5. The van der Waals surface area contributed by atoms with Gasteiger partial charge in [0.25, 0.3) is 5.91 Å². The molecule has 0 radical (unpaired) electrons. The second kappa shape index (κ2) is 6.55. The summed E-state index contributed by atoms with van der Waals surface area (Å²) in [5.41, 5.74) is 6.02. The van der Waals surface area contributed by atoms with Crippen molar-refractivity contribution >= 4 is 11.8 Å². The monoisotopic (exact) mass is 252 g/mol. The van der Waals surface area contributed by atoms with Crippen molar-refractivity contribution in [1.29, 1.82) is 0 Å². The minimum Gasteiger partial charge on any atom is -0.496 e. The number of carbonyl (C=O) groups excluding carboxylic acids is 2. The first kappa shape index (κ1) is 13.9. The van der Waals surface area contributed by atoms with Gasteiger partial charge in [-0.2, -0.15) is 0 Å². The number of nitrogens with two attached hydrogens (primary N) is 1. The van der Waals surface area contributed by atoms with E-state index < -0.39 is 5.91 Å². The fourth-order valence-electron chi connectivity index (χ4n) is 1.36. The van der Waals surface area contributed by atoms with E-state index in [0.29, 0.717) is 12.3 Å². The van der Waals surface area contributed by atoms with E-state index in [0.717, 1.165) is 5.56 Å². The van der Waals surface area contributed by atoms with Gasteiger partial charge in [-0.1, -0.05) is 0 Å². The number of methoxy groups -OCH3 is 1. The summed E-state index contributed by atoms with van der Waals surface area (Å²) in [6.07, 6.45) is 1.53. The summed E-state index contributed by atoms with van der Waals surface area (Å²) in [5, 5.41) is 5.32. The Balaban J connectivity index is 2.80. The highest BCUT2D eigenvalue weighted by Crippen LogP contribution is 2.18. The van der Waals surface area contributed by atoms with E-state index in [1.54, 1.807) is 6.07 Å². The number of pyridine rings is 1. The fraction of sp³-hybridized carbons (Fsp3) is 0.364. The van der Waals surface area contributed by atoms with Gasteiger partial charge in [0, 0.05) is 31.4 Å². The zero-order valence-electron chi connectivity index (χ0n) is 10.3. The van der Waals surface area contributed by atoms with Crippen LogP contribution < -0.4 is 21.1 Å². The molecule has 0 aromatic carbocycles. The maximum absolute atomic E-state index is 11.4. The molecule has 0 saturated heterocycles. The number of amides is 2. The first-order valence-electron chi connectivity index (χ1n) is 5.32.